The van der Waals surface area contributed by atoms with Crippen LogP contribution in [-0.2, 0) is 21.2 Å². The fourth-order valence-electron chi connectivity index (χ4n) is 3.44. The van der Waals surface area contributed by atoms with E-state index in [-0.39, 0.29) is 17.0 Å². The van der Waals surface area contributed by atoms with Crippen LogP contribution in [0.25, 0.3) is 0 Å². The van der Waals surface area contributed by atoms with Gasteiger partial charge < -0.3 is 9.84 Å². The maximum absolute atomic E-state index is 12.9. The van der Waals surface area contributed by atoms with Crippen LogP contribution in [0.3, 0.4) is 0 Å². The van der Waals surface area contributed by atoms with Crippen LogP contribution in [-0.4, -0.2) is 42.0 Å². The second-order valence-corrected chi connectivity index (χ2v) is 9.13. The lowest BCUT2D eigenvalue weighted by Crippen LogP contribution is -2.34. The molecule has 0 amide bonds. The van der Waals surface area contributed by atoms with Crippen LogP contribution in [0, 0.1) is 20.8 Å². The van der Waals surface area contributed by atoms with Crippen molar-refractivity contribution < 1.29 is 23.1 Å². The highest BCUT2D eigenvalue weighted by Gasteiger charge is 2.51. The summed E-state index contributed by atoms with van der Waals surface area (Å²) in [6.07, 6.45) is 1.56. The van der Waals surface area contributed by atoms with Gasteiger partial charge in [-0.05, 0) is 69.7 Å². The number of carboxylic acids is 1. The normalized spacial score (nSPS) is 24.9. The maximum Gasteiger partial charge on any atom is 0.323 e. The van der Waals surface area contributed by atoms with E-state index in [1.165, 1.54) is 0 Å². The summed E-state index contributed by atoms with van der Waals surface area (Å²) in [5, 5.41) is 9.05. The molecule has 24 heavy (non-hydrogen) atoms. The van der Waals surface area contributed by atoms with Crippen molar-refractivity contribution in [1.29, 1.82) is 0 Å². The van der Waals surface area contributed by atoms with Crippen molar-refractivity contribution in [3.63, 3.8) is 0 Å². The third-order valence-electron chi connectivity index (χ3n) is 5.09. The van der Waals surface area contributed by atoms with Crippen molar-refractivity contribution in [3.05, 3.63) is 22.3 Å². The molecule has 0 spiro atoms. The highest BCUT2D eigenvalue weighted by Crippen LogP contribution is 2.43. The molecule has 0 aliphatic carbocycles. The Morgan fingerprint density at radius 3 is 2.38 bits per heavy atom. The van der Waals surface area contributed by atoms with Crippen LogP contribution in [0.5, 0.6) is 5.75 Å². The van der Waals surface area contributed by atoms with Gasteiger partial charge in [0.2, 0.25) is 10.0 Å². The lowest BCUT2D eigenvalue weighted by Gasteiger charge is -2.35. The van der Waals surface area contributed by atoms with Gasteiger partial charge in [0, 0.05) is 6.54 Å². The van der Waals surface area contributed by atoms with Crippen molar-refractivity contribution in [3.8, 4) is 5.75 Å². The van der Waals surface area contributed by atoms with Gasteiger partial charge in [0.05, 0.1) is 4.90 Å². The minimum absolute atomic E-state index is 0.0379. The highest BCUT2D eigenvalue weighted by molar-refractivity contribution is 7.89. The topological polar surface area (TPSA) is 83.7 Å². The van der Waals surface area contributed by atoms with Crippen molar-refractivity contribution in [2.45, 2.75) is 64.0 Å². The molecule has 0 aromatic heterocycles. The summed E-state index contributed by atoms with van der Waals surface area (Å²) in [7, 11) is -3.81. The minimum atomic E-state index is -3.81. The van der Waals surface area contributed by atoms with Crippen LogP contribution in [0.1, 0.15) is 42.5 Å². The number of rotatable bonds is 3. The van der Waals surface area contributed by atoms with Gasteiger partial charge in [-0.15, -0.1) is 0 Å². The molecule has 2 aliphatic rings. The number of benzene rings is 1. The first-order chi connectivity index (χ1) is 11.0. The number of hydrogen-bond acceptors (Lipinski definition) is 4. The number of aliphatic carboxylic acids is 1. The Morgan fingerprint density at radius 2 is 1.83 bits per heavy atom. The summed E-state index contributed by atoms with van der Waals surface area (Å²) < 4.78 is 33.0. The van der Waals surface area contributed by atoms with E-state index in [4.69, 9.17) is 9.84 Å². The van der Waals surface area contributed by atoms with Gasteiger partial charge in [-0.25, -0.2) is 8.42 Å². The molecule has 1 aromatic carbocycles. The molecule has 1 unspecified atom stereocenters. The molecule has 2 atom stereocenters. The second-order valence-electron chi connectivity index (χ2n) is 7.30. The molecule has 1 saturated heterocycles. The molecule has 6 nitrogen and oxygen atoms in total. The molecule has 3 rings (SSSR count). The van der Waals surface area contributed by atoms with E-state index in [1.807, 2.05) is 20.8 Å². The van der Waals surface area contributed by atoms with E-state index in [9.17, 15) is 13.2 Å². The zero-order valence-electron chi connectivity index (χ0n) is 14.6. The fraction of sp³-hybridized carbons (Fsp3) is 0.588. The Hall–Kier alpha value is -1.60. The van der Waals surface area contributed by atoms with E-state index in [0.717, 1.165) is 34.0 Å². The first-order valence-corrected chi connectivity index (χ1v) is 9.47. The average molecular weight is 353 g/mol. The highest BCUT2D eigenvalue weighted by atomic mass is 32.2. The number of sulfonamides is 1. The summed E-state index contributed by atoms with van der Waals surface area (Å²) in [6.45, 7) is 9.51. The summed E-state index contributed by atoms with van der Waals surface area (Å²) in [4.78, 5) is 11.3. The number of nitrogens with zero attached hydrogens (tertiary/aromatic N) is 1. The van der Waals surface area contributed by atoms with Crippen LogP contribution < -0.4 is 4.74 Å². The standard InChI is InChI=1S/C17H23NO5S/c1-9-10(2)15(24(21,22)18-8-13(18)16(19)20)11(3)12-6-7-17(4,5)23-14(9)12/h13H,6-8H2,1-5H3,(H,19,20)/t13-,18?/m1/s1. The molecule has 0 radical (unpaired) electrons. The molecule has 1 N–H and O–H groups in total. The smallest absolute Gasteiger partial charge is 0.323 e. The lowest BCUT2D eigenvalue weighted by molar-refractivity contribution is -0.136. The summed E-state index contributed by atoms with van der Waals surface area (Å²) >= 11 is 0. The second kappa shape index (κ2) is 5.20. The minimum Gasteiger partial charge on any atom is -0.487 e. The Kier molecular flexibility index (Phi) is 3.73. The van der Waals surface area contributed by atoms with Crippen molar-refractivity contribution in [2.75, 3.05) is 6.54 Å². The number of carboxylic acid groups (broad SMARTS) is 1. The van der Waals surface area contributed by atoms with Gasteiger partial charge in [0.15, 0.2) is 0 Å². The van der Waals surface area contributed by atoms with Crippen LogP contribution in [0.15, 0.2) is 4.90 Å². The Balaban J connectivity index is 2.15. The first kappa shape index (κ1) is 17.2. The third kappa shape index (κ3) is 2.50. The molecule has 1 aromatic rings. The first-order valence-electron chi connectivity index (χ1n) is 8.03. The molecule has 0 saturated carbocycles. The quantitative estimate of drug-likeness (QED) is 0.842. The van der Waals surface area contributed by atoms with Gasteiger partial charge >= 0.3 is 5.97 Å². The number of ether oxygens (including phenoxy) is 1. The van der Waals surface area contributed by atoms with E-state index < -0.39 is 22.0 Å². The van der Waals surface area contributed by atoms with E-state index >= 15 is 0 Å². The van der Waals surface area contributed by atoms with Gasteiger partial charge in [-0.2, -0.15) is 4.31 Å². The van der Waals surface area contributed by atoms with E-state index in [0.29, 0.717) is 11.1 Å². The molecule has 2 aliphatic heterocycles. The fourth-order valence-corrected chi connectivity index (χ4v) is 5.49. The Morgan fingerprint density at radius 1 is 1.21 bits per heavy atom. The third-order valence-corrected chi connectivity index (χ3v) is 7.23. The molecule has 0 bridgehead atoms. The Labute approximate surface area is 142 Å². The van der Waals surface area contributed by atoms with Gasteiger partial charge in [-0.1, -0.05) is 0 Å². The van der Waals surface area contributed by atoms with E-state index in [2.05, 4.69) is 0 Å². The monoisotopic (exact) mass is 353 g/mol. The predicted molar refractivity (Wildman–Crippen MR) is 89.0 cm³/mol. The number of hydrogen-bond donors (Lipinski definition) is 1. The van der Waals surface area contributed by atoms with Crippen LogP contribution in [0.2, 0.25) is 0 Å². The number of fused-ring (bicyclic) bond motifs is 1. The molecule has 132 valence electrons. The zero-order chi connectivity index (χ0) is 18.0. The van der Waals surface area contributed by atoms with Crippen molar-refractivity contribution in [2.24, 2.45) is 0 Å². The maximum atomic E-state index is 12.9. The molecular formula is C17H23NO5S. The summed E-state index contributed by atoms with van der Waals surface area (Å²) in [5.41, 5.74) is 2.78. The van der Waals surface area contributed by atoms with Crippen LogP contribution in [0.4, 0.5) is 0 Å². The van der Waals surface area contributed by atoms with Crippen LogP contribution >= 0.6 is 0 Å². The van der Waals surface area contributed by atoms with E-state index in [1.54, 1.807) is 13.8 Å². The zero-order valence-corrected chi connectivity index (χ0v) is 15.5. The van der Waals surface area contributed by atoms with Gasteiger partial charge in [0.1, 0.15) is 17.4 Å². The van der Waals surface area contributed by atoms with Gasteiger partial charge in [-0.3, -0.25) is 4.79 Å². The molecular weight excluding hydrogens is 330 g/mol. The lowest BCUT2D eigenvalue weighted by atomic mass is 9.88. The predicted octanol–water partition coefficient (Wildman–Crippen LogP) is 2.17. The summed E-state index contributed by atoms with van der Waals surface area (Å²) in [6, 6.07) is -0.944. The Bertz CT molecular complexity index is 841. The molecule has 2 heterocycles. The van der Waals surface area contributed by atoms with Crippen molar-refractivity contribution in [1.82, 2.24) is 4.31 Å². The number of carbonyl (C=O) groups is 1. The SMILES string of the molecule is Cc1c(C)c(S(=O)(=O)N2C[C@@H]2C(=O)O)c(C)c2c1OC(C)(C)CC2. The molecule has 1 fully saturated rings. The van der Waals surface area contributed by atoms with Crippen molar-refractivity contribution >= 4 is 16.0 Å². The average Bonchev–Trinajstić information content (AvgIpc) is 3.25. The largest absolute Gasteiger partial charge is 0.487 e. The summed E-state index contributed by atoms with van der Waals surface area (Å²) in [5.74, 6) is -0.325. The van der Waals surface area contributed by atoms with Gasteiger partial charge in [0.25, 0.3) is 0 Å². The molecule has 7 heteroatoms.